The summed E-state index contributed by atoms with van der Waals surface area (Å²) in [6.07, 6.45) is 17.9. The maximum Gasteiger partial charge on any atom is 0.104 e. The average molecular weight is 301 g/mol. The Morgan fingerprint density at radius 3 is 1.48 bits per heavy atom. The summed E-state index contributed by atoms with van der Waals surface area (Å²) in [7, 11) is 1.66. The van der Waals surface area contributed by atoms with Gasteiger partial charge in [0, 0.05) is 0 Å². The van der Waals surface area contributed by atoms with E-state index in [1.165, 1.54) is 70.6 Å². The van der Waals surface area contributed by atoms with Gasteiger partial charge in [-0.25, -0.2) is 9.78 Å². The van der Waals surface area contributed by atoms with Gasteiger partial charge in [0.1, 0.15) is 5.60 Å². The zero-order valence-corrected chi connectivity index (χ0v) is 15.2. The molecule has 0 amide bonds. The molecule has 0 unspecified atom stereocenters. The summed E-state index contributed by atoms with van der Waals surface area (Å²) >= 11 is 0. The van der Waals surface area contributed by atoms with Crippen molar-refractivity contribution in [3.05, 3.63) is 0 Å². The first-order valence-corrected chi connectivity index (χ1v) is 9.46. The normalized spacial score (nSPS) is 12.0. The van der Waals surface area contributed by atoms with E-state index in [2.05, 4.69) is 20.8 Å². The third-order valence-electron chi connectivity index (χ3n) is 4.47. The minimum absolute atomic E-state index is 0.0236. The summed E-state index contributed by atoms with van der Waals surface area (Å²) in [5.74, 6) is 0. The minimum Gasteiger partial charge on any atom is -0.240 e. The van der Waals surface area contributed by atoms with Crippen LogP contribution in [0.2, 0.25) is 0 Å². The Labute approximate surface area is 133 Å². The van der Waals surface area contributed by atoms with Crippen LogP contribution in [0, 0.1) is 0 Å². The molecule has 0 heterocycles. The molecule has 128 valence electrons. The van der Waals surface area contributed by atoms with Gasteiger partial charge in [-0.2, -0.15) is 0 Å². The van der Waals surface area contributed by atoms with Crippen LogP contribution in [-0.2, 0) is 9.78 Å². The lowest BCUT2D eigenvalue weighted by Crippen LogP contribution is -2.32. The van der Waals surface area contributed by atoms with E-state index in [1.807, 2.05) is 0 Å². The third-order valence-corrected chi connectivity index (χ3v) is 4.47. The first-order chi connectivity index (χ1) is 10.2. The number of unbranched alkanes of at least 4 members (excludes halogenated alkanes) is 8. The summed E-state index contributed by atoms with van der Waals surface area (Å²) in [5.41, 5.74) is -0.0236. The van der Waals surface area contributed by atoms with E-state index in [4.69, 9.17) is 9.78 Å². The molecule has 0 spiro atoms. The van der Waals surface area contributed by atoms with Crippen LogP contribution in [0.15, 0.2) is 0 Å². The molecule has 0 fully saturated rings. The first kappa shape index (κ1) is 20.9. The van der Waals surface area contributed by atoms with Crippen molar-refractivity contribution in [2.24, 2.45) is 0 Å². The van der Waals surface area contributed by atoms with Crippen molar-refractivity contribution < 1.29 is 9.78 Å². The van der Waals surface area contributed by atoms with Gasteiger partial charge in [0.2, 0.25) is 0 Å². The molecular weight excluding hydrogens is 260 g/mol. The molecule has 0 N–H and O–H groups in total. The number of hydrogen-bond donors (Lipinski definition) is 0. The van der Waals surface area contributed by atoms with Crippen molar-refractivity contribution in [2.75, 3.05) is 7.11 Å². The minimum atomic E-state index is -0.0236. The fourth-order valence-corrected chi connectivity index (χ4v) is 3.08. The van der Waals surface area contributed by atoms with Crippen molar-refractivity contribution >= 4 is 0 Å². The molecule has 0 rings (SSSR count). The van der Waals surface area contributed by atoms with Gasteiger partial charge in [-0.3, -0.25) is 0 Å². The van der Waals surface area contributed by atoms with Gasteiger partial charge in [0.25, 0.3) is 0 Å². The topological polar surface area (TPSA) is 18.5 Å². The van der Waals surface area contributed by atoms with Crippen LogP contribution in [0.25, 0.3) is 0 Å². The molecule has 0 radical (unpaired) electrons. The van der Waals surface area contributed by atoms with Crippen molar-refractivity contribution in [2.45, 2.75) is 116 Å². The van der Waals surface area contributed by atoms with Crippen molar-refractivity contribution in [3.8, 4) is 0 Å². The first-order valence-electron chi connectivity index (χ1n) is 9.46. The van der Waals surface area contributed by atoms with E-state index >= 15 is 0 Å². The van der Waals surface area contributed by atoms with E-state index in [0.29, 0.717) is 0 Å². The maximum atomic E-state index is 5.78. The van der Waals surface area contributed by atoms with Crippen LogP contribution < -0.4 is 0 Å². The smallest absolute Gasteiger partial charge is 0.104 e. The Kier molecular flexibility index (Phi) is 14.8. The van der Waals surface area contributed by atoms with E-state index in [-0.39, 0.29) is 5.60 Å². The van der Waals surface area contributed by atoms with Crippen LogP contribution in [0.4, 0.5) is 0 Å². The van der Waals surface area contributed by atoms with E-state index in [9.17, 15) is 0 Å². The molecule has 0 aliphatic carbocycles. The Bertz CT molecular complexity index is 196. The second-order valence-corrected chi connectivity index (χ2v) is 6.51. The van der Waals surface area contributed by atoms with E-state index in [0.717, 1.165) is 19.3 Å². The second kappa shape index (κ2) is 14.8. The largest absolute Gasteiger partial charge is 0.240 e. The average Bonchev–Trinajstić information content (AvgIpc) is 2.50. The Morgan fingerprint density at radius 1 is 0.571 bits per heavy atom. The molecule has 0 saturated heterocycles. The molecule has 0 aliphatic rings. The summed E-state index contributed by atoms with van der Waals surface area (Å²) < 4.78 is 0. The van der Waals surface area contributed by atoms with Crippen LogP contribution in [0.3, 0.4) is 0 Å². The van der Waals surface area contributed by atoms with Crippen molar-refractivity contribution in [1.82, 2.24) is 0 Å². The molecule has 0 aromatic carbocycles. The van der Waals surface area contributed by atoms with Gasteiger partial charge in [-0.15, -0.1) is 0 Å². The van der Waals surface area contributed by atoms with Crippen LogP contribution in [0.1, 0.15) is 111 Å². The highest BCUT2D eigenvalue weighted by molar-refractivity contribution is 4.79. The highest BCUT2D eigenvalue weighted by atomic mass is 17.2. The van der Waals surface area contributed by atoms with Gasteiger partial charge in [-0.05, 0) is 19.3 Å². The fraction of sp³-hybridized carbons (Fsp3) is 1.00. The summed E-state index contributed by atoms with van der Waals surface area (Å²) in [6, 6.07) is 0. The van der Waals surface area contributed by atoms with Crippen molar-refractivity contribution in [1.29, 1.82) is 0 Å². The maximum absolute atomic E-state index is 5.78. The van der Waals surface area contributed by atoms with Crippen LogP contribution in [-0.4, -0.2) is 12.7 Å². The summed E-state index contributed by atoms with van der Waals surface area (Å²) in [5, 5.41) is 0. The molecule has 0 atom stereocenters. The predicted molar refractivity (Wildman–Crippen MR) is 92.5 cm³/mol. The SMILES string of the molecule is CCCCCCCCCC(CCCC)(CCCC)OOC. The second-order valence-electron chi connectivity index (χ2n) is 6.51. The molecule has 21 heavy (non-hydrogen) atoms. The van der Waals surface area contributed by atoms with Crippen LogP contribution in [0.5, 0.6) is 0 Å². The molecule has 0 aromatic rings. The monoisotopic (exact) mass is 300 g/mol. The van der Waals surface area contributed by atoms with Gasteiger partial charge < -0.3 is 0 Å². The molecule has 0 saturated carbocycles. The zero-order valence-electron chi connectivity index (χ0n) is 15.2. The number of hydrogen-bond acceptors (Lipinski definition) is 2. The standard InChI is InChI=1S/C19H40O2/c1-5-8-11-12-13-14-15-18-19(21-20-4,16-9-6-2)17-10-7-3/h5-18H2,1-4H3. The lowest BCUT2D eigenvalue weighted by atomic mass is 9.85. The van der Waals surface area contributed by atoms with E-state index < -0.39 is 0 Å². The molecule has 2 nitrogen and oxygen atoms in total. The van der Waals surface area contributed by atoms with Gasteiger partial charge in [0.15, 0.2) is 0 Å². The van der Waals surface area contributed by atoms with Gasteiger partial charge in [0.05, 0.1) is 7.11 Å². The summed E-state index contributed by atoms with van der Waals surface area (Å²) in [4.78, 5) is 10.9. The highest BCUT2D eigenvalue weighted by Crippen LogP contribution is 2.32. The van der Waals surface area contributed by atoms with Gasteiger partial charge in [-0.1, -0.05) is 91.4 Å². The molecule has 0 aromatic heterocycles. The quantitative estimate of drug-likeness (QED) is 0.177. The van der Waals surface area contributed by atoms with Crippen molar-refractivity contribution in [3.63, 3.8) is 0 Å². The zero-order chi connectivity index (χ0) is 15.8. The summed E-state index contributed by atoms with van der Waals surface area (Å²) in [6.45, 7) is 6.79. The lowest BCUT2D eigenvalue weighted by molar-refractivity contribution is -0.350. The number of rotatable bonds is 16. The van der Waals surface area contributed by atoms with Crippen LogP contribution >= 0.6 is 0 Å². The Hall–Kier alpha value is -0.0800. The Balaban J connectivity index is 4.10. The molecular formula is C19H40O2. The molecule has 0 aliphatic heterocycles. The van der Waals surface area contributed by atoms with E-state index in [1.54, 1.807) is 7.11 Å². The van der Waals surface area contributed by atoms with Gasteiger partial charge >= 0.3 is 0 Å². The Morgan fingerprint density at radius 2 is 1.00 bits per heavy atom. The highest BCUT2D eigenvalue weighted by Gasteiger charge is 2.30. The third kappa shape index (κ3) is 11.2. The fourth-order valence-electron chi connectivity index (χ4n) is 3.08. The molecule has 0 bridgehead atoms. The predicted octanol–water partition coefficient (Wildman–Crippen LogP) is 6.82. The lowest BCUT2D eigenvalue weighted by Gasteiger charge is -2.32. The molecule has 2 heteroatoms.